The van der Waals surface area contributed by atoms with Gasteiger partial charge in [-0.1, -0.05) is 30.3 Å². The smallest absolute Gasteiger partial charge is 0.256 e. The van der Waals surface area contributed by atoms with E-state index in [1.807, 2.05) is 59.6 Å². The van der Waals surface area contributed by atoms with Gasteiger partial charge < -0.3 is 14.6 Å². The number of carbonyl (C=O) groups is 1. The minimum atomic E-state index is 0.103. The van der Waals surface area contributed by atoms with Crippen LogP contribution in [0.15, 0.2) is 54.7 Å². The van der Waals surface area contributed by atoms with E-state index in [1.54, 1.807) is 7.11 Å². The van der Waals surface area contributed by atoms with Gasteiger partial charge in [-0.05, 0) is 36.6 Å². The number of fused-ring (bicyclic) bond motifs is 1. The Morgan fingerprint density at radius 1 is 1.17 bits per heavy atom. The molecular weight excluding hydrogens is 300 g/mol. The SMILES string of the molecule is COc1ccc(CN(C(=O)c2c[nH]c3ccccc23)C2CC2)cc1. The van der Waals surface area contributed by atoms with Gasteiger partial charge >= 0.3 is 0 Å². The monoisotopic (exact) mass is 320 g/mol. The third-order valence-electron chi connectivity index (χ3n) is 4.58. The second kappa shape index (κ2) is 6.04. The summed E-state index contributed by atoms with van der Waals surface area (Å²) in [5, 5.41) is 0.989. The lowest BCUT2D eigenvalue weighted by molar-refractivity contribution is 0.0732. The zero-order valence-electron chi connectivity index (χ0n) is 13.7. The average molecular weight is 320 g/mol. The number of carbonyl (C=O) groups excluding carboxylic acids is 1. The molecule has 0 atom stereocenters. The molecule has 0 aliphatic heterocycles. The van der Waals surface area contributed by atoms with E-state index in [0.717, 1.165) is 40.6 Å². The van der Waals surface area contributed by atoms with E-state index in [4.69, 9.17) is 4.74 Å². The molecule has 1 heterocycles. The zero-order valence-corrected chi connectivity index (χ0v) is 13.7. The third-order valence-corrected chi connectivity index (χ3v) is 4.58. The van der Waals surface area contributed by atoms with Crippen molar-refractivity contribution in [2.24, 2.45) is 0 Å². The molecule has 4 rings (SSSR count). The highest BCUT2D eigenvalue weighted by molar-refractivity contribution is 6.06. The molecule has 1 N–H and O–H groups in total. The summed E-state index contributed by atoms with van der Waals surface area (Å²) >= 11 is 0. The Morgan fingerprint density at radius 2 is 1.92 bits per heavy atom. The molecule has 1 fully saturated rings. The van der Waals surface area contributed by atoms with Crippen LogP contribution in [0.5, 0.6) is 5.75 Å². The number of benzene rings is 2. The number of para-hydroxylation sites is 1. The Hall–Kier alpha value is -2.75. The normalized spacial score (nSPS) is 13.9. The molecule has 3 aromatic rings. The minimum Gasteiger partial charge on any atom is -0.497 e. The lowest BCUT2D eigenvalue weighted by Crippen LogP contribution is -2.32. The van der Waals surface area contributed by atoms with Crippen LogP contribution in [0, 0.1) is 0 Å². The molecule has 1 amide bonds. The number of rotatable bonds is 5. The summed E-state index contributed by atoms with van der Waals surface area (Å²) in [7, 11) is 1.66. The first kappa shape index (κ1) is 14.8. The van der Waals surface area contributed by atoms with Gasteiger partial charge in [0.1, 0.15) is 5.75 Å². The summed E-state index contributed by atoms with van der Waals surface area (Å²) in [6.45, 7) is 0.632. The largest absolute Gasteiger partial charge is 0.497 e. The summed E-state index contributed by atoms with van der Waals surface area (Å²) in [5.74, 6) is 0.936. The predicted molar refractivity (Wildman–Crippen MR) is 94.2 cm³/mol. The van der Waals surface area contributed by atoms with Crippen molar-refractivity contribution in [3.8, 4) is 5.75 Å². The van der Waals surface area contributed by atoms with E-state index < -0.39 is 0 Å². The zero-order chi connectivity index (χ0) is 16.5. The summed E-state index contributed by atoms with van der Waals surface area (Å²) in [6.07, 6.45) is 4.00. The van der Waals surface area contributed by atoms with Gasteiger partial charge in [0.25, 0.3) is 5.91 Å². The highest BCUT2D eigenvalue weighted by atomic mass is 16.5. The second-order valence-electron chi connectivity index (χ2n) is 6.26. The van der Waals surface area contributed by atoms with Crippen molar-refractivity contribution in [1.29, 1.82) is 0 Å². The molecule has 4 nitrogen and oxygen atoms in total. The van der Waals surface area contributed by atoms with Crippen molar-refractivity contribution in [2.75, 3.05) is 7.11 Å². The minimum absolute atomic E-state index is 0.103. The van der Waals surface area contributed by atoms with E-state index >= 15 is 0 Å². The van der Waals surface area contributed by atoms with Crippen molar-refractivity contribution in [1.82, 2.24) is 9.88 Å². The number of ether oxygens (including phenoxy) is 1. The summed E-state index contributed by atoms with van der Waals surface area (Å²) in [4.78, 5) is 18.3. The van der Waals surface area contributed by atoms with Gasteiger partial charge in [-0.15, -0.1) is 0 Å². The van der Waals surface area contributed by atoms with Gasteiger partial charge in [0, 0.05) is 29.7 Å². The Bertz CT molecular complexity index is 863. The van der Waals surface area contributed by atoms with Crippen LogP contribution in [0.25, 0.3) is 10.9 Å². The van der Waals surface area contributed by atoms with Crippen LogP contribution in [-0.4, -0.2) is 28.9 Å². The van der Waals surface area contributed by atoms with Gasteiger partial charge in [-0.3, -0.25) is 4.79 Å². The number of amides is 1. The maximum Gasteiger partial charge on any atom is 0.256 e. The van der Waals surface area contributed by atoms with Gasteiger partial charge in [0.05, 0.1) is 12.7 Å². The van der Waals surface area contributed by atoms with Crippen LogP contribution < -0.4 is 4.74 Å². The molecule has 1 aromatic heterocycles. The number of methoxy groups -OCH3 is 1. The first-order chi connectivity index (χ1) is 11.8. The van der Waals surface area contributed by atoms with E-state index in [9.17, 15) is 4.79 Å². The lowest BCUT2D eigenvalue weighted by atomic mass is 10.1. The van der Waals surface area contributed by atoms with E-state index in [2.05, 4.69) is 4.98 Å². The predicted octanol–water partition coefficient (Wildman–Crippen LogP) is 3.98. The number of nitrogens with zero attached hydrogens (tertiary/aromatic N) is 1. The molecule has 1 aliphatic rings. The molecule has 122 valence electrons. The summed E-state index contributed by atoms with van der Waals surface area (Å²) < 4.78 is 5.20. The number of hydrogen-bond donors (Lipinski definition) is 1. The molecule has 0 saturated heterocycles. The maximum atomic E-state index is 13.1. The quantitative estimate of drug-likeness (QED) is 0.773. The van der Waals surface area contributed by atoms with Gasteiger partial charge in [-0.25, -0.2) is 0 Å². The van der Waals surface area contributed by atoms with E-state index in [0.29, 0.717) is 12.6 Å². The highest BCUT2D eigenvalue weighted by Gasteiger charge is 2.33. The number of aromatic nitrogens is 1. The maximum absolute atomic E-state index is 13.1. The summed E-state index contributed by atoms with van der Waals surface area (Å²) in [6, 6.07) is 16.2. The lowest BCUT2D eigenvalue weighted by Gasteiger charge is -2.22. The third kappa shape index (κ3) is 2.75. The molecule has 0 unspecified atom stereocenters. The molecular formula is C20H20N2O2. The van der Waals surface area contributed by atoms with Crippen molar-refractivity contribution < 1.29 is 9.53 Å². The van der Waals surface area contributed by atoms with Crippen molar-refractivity contribution in [2.45, 2.75) is 25.4 Å². The fraction of sp³-hybridized carbons (Fsp3) is 0.250. The van der Waals surface area contributed by atoms with E-state index in [-0.39, 0.29) is 5.91 Å². The Kier molecular flexibility index (Phi) is 3.73. The highest BCUT2D eigenvalue weighted by Crippen LogP contribution is 2.31. The van der Waals surface area contributed by atoms with E-state index in [1.165, 1.54) is 0 Å². The van der Waals surface area contributed by atoms with Gasteiger partial charge in [-0.2, -0.15) is 0 Å². The summed E-state index contributed by atoms with van der Waals surface area (Å²) in [5.41, 5.74) is 2.88. The molecule has 0 radical (unpaired) electrons. The van der Waals surface area contributed by atoms with Crippen molar-refractivity contribution >= 4 is 16.8 Å². The molecule has 2 aromatic carbocycles. The van der Waals surface area contributed by atoms with Gasteiger partial charge in [0.15, 0.2) is 0 Å². The van der Waals surface area contributed by atoms with Crippen LogP contribution in [0.4, 0.5) is 0 Å². The van der Waals surface area contributed by atoms with Crippen LogP contribution in [0.3, 0.4) is 0 Å². The van der Waals surface area contributed by atoms with Crippen LogP contribution in [0.2, 0.25) is 0 Å². The van der Waals surface area contributed by atoms with Crippen LogP contribution >= 0.6 is 0 Å². The number of hydrogen-bond acceptors (Lipinski definition) is 2. The van der Waals surface area contributed by atoms with Crippen molar-refractivity contribution in [3.05, 3.63) is 65.9 Å². The Balaban J connectivity index is 1.61. The first-order valence-corrected chi connectivity index (χ1v) is 8.26. The molecule has 1 saturated carbocycles. The Labute approximate surface area is 141 Å². The second-order valence-corrected chi connectivity index (χ2v) is 6.26. The number of H-pyrrole nitrogens is 1. The standard InChI is InChI=1S/C20H20N2O2/c1-24-16-10-6-14(7-11-16)13-22(15-8-9-15)20(23)18-12-21-19-5-3-2-4-17(18)19/h2-7,10-12,15,21H,8-9,13H2,1H3. The fourth-order valence-corrected chi connectivity index (χ4v) is 3.08. The molecule has 1 aliphatic carbocycles. The number of nitrogens with one attached hydrogen (secondary N) is 1. The first-order valence-electron chi connectivity index (χ1n) is 8.26. The average Bonchev–Trinajstić information content (AvgIpc) is 3.38. The Morgan fingerprint density at radius 3 is 2.62 bits per heavy atom. The van der Waals surface area contributed by atoms with Crippen LogP contribution in [-0.2, 0) is 6.54 Å². The molecule has 0 spiro atoms. The van der Waals surface area contributed by atoms with Crippen molar-refractivity contribution in [3.63, 3.8) is 0 Å². The molecule has 24 heavy (non-hydrogen) atoms. The molecule has 4 heteroatoms. The van der Waals surface area contributed by atoms with Gasteiger partial charge in [0.2, 0.25) is 0 Å². The molecule has 0 bridgehead atoms. The fourth-order valence-electron chi connectivity index (χ4n) is 3.08. The van der Waals surface area contributed by atoms with Crippen LogP contribution in [0.1, 0.15) is 28.8 Å². The number of aromatic amines is 1. The topological polar surface area (TPSA) is 45.3 Å².